The molecular formula is C8H15NO2. The van der Waals surface area contributed by atoms with Gasteiger partial charge in [0.2, 0.25) is 0 Å². The fraction of sp³-hybridized carbons (Fsp3) is 0.875. The van der Waals surface area contributed by atoms with Crippen molar-refractivity contribution in [3.05, 3.63) is 0 Å². The van der Waals surface area contributed by atoms with E-state index in [2.05, 4.69) is 13.8 Å². The minimum absolute atomic E-state index is 0.200. The number of hydrogen-bond acceptors (Lipinski definition) is 2. The van der Waals surface area contributed by atoms with Gasteiger partial charge in [-0.05, 0) is 19.3 Å². The Kier molecular flexibility index (Phi) is 2.49. The van der Waals surface area contributed by atoms with E-state index in [9.17, 15) is 4.79 Å². The fourth-order valence-corrected chi connectivity index (χ4v) is 1.78. The van der Waals surface area contributed by atoms with Gasteiger partial charge < -0.3 is 5.11 Å². The summed E-state index contributed by atoms with van der Waals surface area (Å²) in [6.07, 6.45) is 1.13. The van der Waals surface area contributed by atoms with E-state index in [-0.39, 0.29) is 6.54 Å². The molecule has 0 spiro atoms. The first-order valence-corrected chi connectivity index (χ1v) is 4.05. The SMILES string of the molecule is CC1CC(C)N(CC(=O)O)C1. The molecule has 1 saturated heterocycles. The maximum Gasteiger partial charge on any atom is 0.317 e. The molecule has 1 fully saturated rings. The summed E-state index contributed by atoms with van der Waals surface area (Å²) in [5.74, 6) is -0.0599. The molecule has 1 rings (SSSR count). The highest BCUT2D eigenvalue weighted by Crippen LogP contribution is 2.21. The summed E-state index contributed by atoms with van der Waals surface area (Å²) in [6, 6.07) is 0.445. The normalized spacial score (nSPS) is 32.5. The van der Waals surface area contributed by atoms with E-state index in [1.165, 1.54) is 0 Å². The molecule has 11 heavy (non-hydrogen) atoms. The molecule has 0 radical (unpaired) electrons. The Morgan fingerprint density at radius 2 is 2.27 bits per heavy atom. The van der Waals surface area contributed by atoms with Gasteiger partial charge in [0.1, 0.15) is 0 Å². The van der Waals surface area contributed by atoms with Gasteiger partial charge in [0, 0.05) is 12.6 Å². The van der Waals surface area contributed by atoms with E-state index in [0.717, 1.165) is 13.0 Å². The zero-order valence-corrected chi connectivity index (χ0v) is 7.08. The molecule has 2 atom stereocenters. The third-order valence-corrected chi connectivity index (χ3v) is 2.25. The maximum atomic E-state index is 10.4. The van der Waals surface area contributed by atoms with Crippen LogP contribution in [0.25, 0.3) is 0 Å². The minimum Gasteiger partial charge on any atom is -0.480 e. The second-order valence-corrected chi connectivity index (χ2v) is 3.51. The van der Waals surface area contributed by atoms with Crippen molar-refractivity contribution in [2.75, 3.05) is 13.1 Å². The van der Waals surface area contributed by atoms with Crippen molar-refractivity contribution in [1.82, 2.24) is 4.90 Å². The minimum atomic E-state index is -0.717. The monoisotopic (exact) mass is 157 g/mol. The molecule has 0 aliphatic carbocycles. The number of nitrogens with zero attached hydrogens (tertiary/aromatic N) is 1. The molecule has 1 aliphatic rings. The Hall–Kier alpha value is -0.570. The molecule has 3 heteroatoms. The number of aliphatic carboxylic acids is 1. The predicted octanol–water partition coefficient (Wildman–Crippen LogP) is 0.801. The molecule has 3 nitrogen and oxygen atoms in total. The number of likely N-dealkylation sites (tertiary alicyclic amines) is 1. The number of carboxylic acid groups (broad SMARTS) is 1. The summed E-state index contributed by atoms with van der Waals surface area (Å²) in [5.41, 5.74) is 0. The van der Waals surface area contributed by atoms with E-state index >= 15 is 0 Å². The summed E-state index contributed by atoms with van der Waals surface area (Å²) in [7, 11) is 0. The molecule has 1 heterocycles. The molecule has 0 aromatic heterocycles. The summed E-state index contributed by atoms with van der Waals surface area (Å²) >= 11 is 0. The van der Waals surface area contributed by atoms with Crippen molar-refractivity contribution >= 4 is 5.97 Å². The molecule has 1 aliphatic heterocycles. The molecule has 64 valence electrons. The summed E-state index contributed by atoms with van der Waals surface area (Å²) in [5, 5.41) is 8.54. The lowest BCUT2D eigenvalue weighted by Gasteiger charge is -2.17. The lowest BCUT2D eigenvalue weighted by Crippen LogP contribution is -2.32. The topological polar surface area (TPSA) is 40.5 Å². The van der Waals surface area contributed by atoms with Crippen LogP contribution in [0.1, 0.15) is 20.3 Å². The van der Waals surface area contributed by atoms with E-state index < -0.39 is 5.97 Å². The standard InChI is InChI=1S/C8H15NO2/c1-6-3-7(2)9(4-6)5-8(10)11/h6-7H,3-5H2,1-2H3,(H,10,11). The first kappa shape index (κ1) is 8.53. The van der Waals surface area contributed by atoms with Crippen molar-refractivity contribution in [2.24, 2.45) is 5.92 Å². The Morgan fingerprint density at radius 3 is 2.64 bits per heavy atom. The van der Waals surface area contributed by atoms with E-state index in [1.54, 1.807) is 0 Å². The molecule has 0 saturated carbocycles. The fourth-order valence-electron chi connectivity index (χ4n) is 1.78. The van der Waals surface area contributed by atoms with Gasteiger partial charge in [0.15, 0.2) is 0 Å². The van der Waals surface area contributed by atoms with Crippen LogP contribution >= 0.6 is 0 Å². The first-order valence-electron chi connectivity index (χ1n) is 4.05. The van der Waals surface area contributed by atoms with Gasteiger partial charge in [-0.1, -0.05) is 6.92 Å². The van der Waals surface area contributed by atoms with Crippen LogP contribution in [0.15, 0.2) is 0 Å². The average molecular weight is 157 g/mol. The Balaban J connectivity index is 2.40. The van der Waals surface area contributed by atoms with Crippen LogP contribution in [0.5, 0.6) is 0 Å². The second kappa shape index (κ2) is 3.22. The molecule has 0 amide bonds. The van der Waals surface area contributed by atoms with Crippen LogP contribution in [0.4, 0.5) is 0 Å². The maximum absolute atomic E-state index is 10.4. The first-order chi connectivity index (χ1) is 5.09. The summed E-state index contributed by atoms with van der Waals surface area (Å²) < 4.78 is 0. The van der Waals surface area contributed by atoms with Crippen molar-refractivity contribution < 1.29 is 9.90 Å². The zero-order valence-electron chi connectivity index (χ0n) is 7.08. The quantitative estimate of drug-likeness (QED) is 0.644. The largest absolute Gasteiger partial charge is 0.480 e. The van der Waals surface area contributed by atoms with Gasteiger partial charge in [0.05, 0.1) is 6.54 Å². The molecule has 0 bridgehead atoms. The van der Waals surface area contributed by atoms with Crippen LogP contribution in [0.3, 0.4) is 0 Å². The van der Waals surface area contributed by atoms with E-state index in [4.69, 9.17) is 5.11 Å². The van der Waals surface area contributed by atoms with E-state index in [1.807, 2.05) is 4.90 Å². The van der Waals surface area contributed by atoms with Crippen molar-refractivity contribution in [2.45, 2.75) is 26.3 Å². The third kappa shape index (κ3) is 2.19. The van der Waals surface area contributed by atoms with Crippen LogP contribution in [0.2, 0.25) is 0 Å². The molecule has 1 N–H and O–H groups in total. The van der Waals surface area contributed by atoms with Gasteiger partial charge in [-0.15, -0.1) is 0 Å². The smallest absolute Gasteiger partial charge is 0.317 e. The highest BCUT2D eigenvalue weighted by Gasteiger charge is 2.26. The van der Waals surface area contributed by atoms with Crippen LogP contribution < -0.4 is 0 Å². The Bertz CT molecular complexity index is 158. The van der Waals surface area contributed by atoms with Crippen molar-refractivity contribution in [1.29, 1.82) is 0 Å². The lowest BCUT2D eigenvalue weighted by molar-refractivity contribution is -0.138. The molecule has 2 unspecified atom stereocenters. The Labute approximate surface area is 67.0 Å². The Morgan fingerprint density at radius 1 is 1.64 bits per heavy atom. The zero-order chi connectivity index (χ0) is 8.43. The molecular weight excluding hydrogens is 142 g/mol. The average Bonchev–Trinajstić information content (AvgIpc) is 2.09. The highest BCUT2D eigenvalue weighted by atomic mass is 16.4. The van der Waals surface area contributed by atoms with Gasteiger partial charge in [-0.25, -0.2) is 0 Å². The van der Waals surface area contributed by atoms with Gasteiger partial charge >= 0.3 is 5.97 Å². The highest BCUT2D eigenvalue weighted by molar-refractivity contribution is 5.69. The number of carboxylic acids is 1. The van der Waals surface area contributed by atoms with Crippen molar-refractivity contribution in [3.63, 3.8) is 0 Å². The van der Waals surface area contributed by atoms with Crippen molar-refractivity contribution in [3.8, 4) is 0 Å². The molecule has 0 aromatic carbocycles. The summed E-state index contributed by atoms with van der Waals surface area (Å²) in [4.78, 5) is 12.4. The molecule has 0 aromatic rings. The predicted molar refractivity (Wildman–Crippen MR) is 42.5 cm³/mol. The van der Waals surface area contributed by atoms with Gasteiger partial charge in [-0.3, -0.25) is 9.69 Å². The number of hydrogen-bond donors (Lipinski definition) is 1. The third-order valence-electron chi connectivity index (χ3n) is 2.25. The second-order valence-electron chi connectivity index (χ2n) is 3.51. The number of carbonyl (C=O) groups is 1. The van der Waals surface area contributed by atoms with Crippen LogP contribution in [-0.2, 0) is 4.79 Å². The van der Waals surface area contributed by atoms with Crippen LogP contribution in [0, 0.1) is 5.92 Å². The number of rotatable bonds is 2. The van der Waals surface area contributed by atoms with E-state index in [0.29, 0.717) is 12.0 Å². The summed E-state index contributed by atoms with van der Waals surface area (Å²) in [6.45, 7) is 5.39. The van der Waals surface area contributed by atoms with Crippen LogP contribution in [-0.4, -0.2) is 35.1 Å². The van der Waals surface area contributed by atoms with Gasteiger partial charge in [-0.2, -0.15) is 0 Å². The lowest BCUT2D eigenvalue weighted by atomic mass is 10.1. The van der Waals surface area contributed by atoms with Gasteiger partial charge in [0.25, 0.3) is 0 Å².